The van der Waals surface area contributed by atoms with E-state index >= 15 is 0 Å². The second-order valence-electron chi connectivity index (χ2n) is 2.95. The van der Waals surface area contributed by atoms with Crippen molar-refractivity contribution in [3.63, 3.8) is 0 Å². The van der Waals surface area contributed by atoms with Crippen molar-refractivity contribution in [1.29, 1.82) is 5.26 Å². The van der Waals surface area contributed by atoms with Crippen LogP contribution in [0.15, 0.2) is 12.1 Å². The average Bonchev–Trinajstić information content (AvgIpc) is 2.30. The van der Waals surface area contributed by atoms with E-state index in [0.717, 1.165) is 6.07 Å². The molecule has 83 valence electrons. The molecular weight excluding hydrogens is 213 g/mol. The molecule has 1 atom stereocenters. The van der Waals surface area contributed by atoms with Crippen LogP contribution in [0.4, 0.5) is 4.39 Å². The molecular formula is C11H9FNO3. The van der Waals surface area contributed by atoms with Gasteiger partial charge in [0.1, 0.15) is 17.6 Å². The van der Waals surface area contributed by atoms with Crippen LogP contribution in [0.5, 0.6) is 5.75 Å². The monoisotopic (exact) mass is 222 g/mol. The molecule has 0 aliphatic carbocycles. The molecule has 0 saturated heterocycles. The van der Waals surface area contributed by atoms with Crippen molar-refractivity contribution in [1.82, 2.24) is 0 Å². The van der Waals surface area contributed by atoms with Gasteiger partial charge in [-0.05, 0) is 19.1 Å². The molecule has 1 unspecified atom stereocenters. The molecule has 1 radical (unpaired) electrons. The van der Waals surface area contributed by atoms with E-state index in [-0.39, 0.29) is 11.3 Å². The van der Waals surface area contributed by atoms with Crippen LogP contribution in [0.2, 0.25) is 0 Å². The zero-order chi connectivity index (χ0) is 12.1. The fourth-order valence-electron chi connectivity index (χ4n) is 1.04. The Labute approximate surface area is 92.2 Å². The lowest BCUT2D eigenvalue weighted by molar-refractivity contribution is -0.147. The van der Waals surface area contributed by atoms with Gasteiger partial charge in [0.15, 0.2) is 6.10 Å². The number of nitrogens with zero attached hydrogens (tertiary/aromatic N) is 1. The number of rotatable bonds is 3. The lowest BCUT2D eigenvalue weighted by Crippen LogP contribution is -2.25. The Hall–Kier alpha value is -2.09. The standard InChI is InChI=1S/C11H9FNO3/c1-7(11(14)15-2)16-10-4-3-9(12)5-8(10)6-13/h4-5,7H,1-2H3. The highest BCUT2D eigenvalue weighted by molar-refractivity contribution is 5.74. The van der Waals surface area contributed by atoms with E-state index in [1.807, 2.05) is 0 Å². The Morgan fingerprint density at radius 2 is 2.38 bits per heavy atom. The molecule has 0 bridgehead atoms. The van der Waals surface area contributed by atoms with E-state index in [4.69, 9.17) is 10.00 Å². The van der Waals surface area contributed by atoms with Gasteiger partial charge >= 0.3 is 5.97 Å². The number of esters is 1. The van der Waals surface area contributed by atoms with Gasteiger partial charge < -0.3 is 9.47 Å². The minimum Gasteiger partial charge on any atom is -0.478 e. The zero-order valence-corrected chi connectivity index (χ0v) is 8.78. The van der Waals surface area contributed by atoms with Crippen molar-refractivity contribution in [2.24, 2.45) is 0 Å². The maximum atomic E-state index is 12.7. The molecule has 16 heavy (non-hydrogen) atoms. The van der Waals surface area contributed by atoms with Crippen molar-refractivity contribution in [3.8, 4) is 11.8 Å². The first-order valence-corrected chi connectivity index (χ1v) is 4.44. The van der Waals surface area contributed by atoms with Gasteiger partial charge in [-0.25, -0.2) is 9.18 Å². The predicted molar refractivity (Wildman–Crippen MR) is 52.1 cm³/mol. The number of carbonyl (C=O) groups is 1. The quantitative estimate of drug-likeness (QED) is 0.726. The number of ether oxygens (including phenoxy) is 2. The van der Waals surface area contributed by atoms with E-state index in [1.54, 1.807) is 6.07 Å². The van der Waals surface area contributed by atoms with Crippen molar-refractivity contribution < 1.29 is 18.7 Å². The lowest BCUT2D eigenvalue weighted by atomic mass is 10.2. The summed E-state index contributed by atoms with van der Waals surface area (Å²) >= 11 is 0. The third-order valence-corrected chi connectivity index (χ3v) is 1.83. The first-order chi connectivity index (χ1) is 7.58. The summed E-state index contributed by atoms with van der Waals surface area (Å²) in [6.07, 6.45) is -0.865. The largest absolute Gasteiger partial charge is 0.478 e. The fourth-order valence-corrected chi connectivity index (χ4v) is 1.04. The van der Waals surface area contributed by atoms with Crippen molar-refractivity contribution >= 4 is 5.97 Å². The molecule has 4 nitrogen and oxygen atoms in total. The Morgan fingerprint density at radius 1 is 1.69 bits per heavy atom. The van der Waals surface area contributed by atoms with Gasteiger partial charge in [-0.3, -0.25) is 0 Å². The van der Waals surface area contributed by atoms with Gasteiger partial charge in [-0.15, -0.1) is 0 Å². The number of benzene rings is 1. The summed E-state index contributed by atoms with van der Waals surface area (Å²) in [5.74, 6) is -1.13. The molecule has 0 saturated carbocycles. The molecule has 0 aliphatic heterocycles. The number of nitriles is 1. The maximum Gasteiger partial charge on any atom is 0.346 e. The molecule has 1 aromatic carbocycles. The molecule has 0 fully saturated rings. The highest BCUT2D eigenvalue weighted by Gasteiger charge is 2.16. The van der Waals surface area contributed by atoms with Gasteiger partial charge in [0, 0.05) is 6.07 Å². The molecule has 1 aromatic rings. The van der Waals surface area contributed by atoms with Crippen molar-refractivity contribution in [2.75, 3.05) is 7.11 Å². The molecule has 0 heterocycles. The minimum absolute atomic E-state index is 0.00648. The van der Waals surface area contributed by atoms with Crippen LogP contribution < -0.4 is 4.74 Å². The molecule has 0 aromatic heterocycles. The summed E-state index contributed by atoms with van der Waals surface area (Å²) in [4.78, 5) is 11.1. The van der Waals surface area contributed by atoms with Crippen molar-refractivity contribution in [3.05, 3.63) is 29.6 Å². The molecule has 5 heteroatoms. The zero-order valence-electron chi connectivity index (χ0n) is 8.78. The Kier molecular flexibility index (Phi) is 3.84. The Balaban J connectivity index is 2.90. The summed E-state index contributed by atoms with van der Waals surface area (Å²) in [6.45, 7) is 1.47. The molecule has 0 amide bonds. The number of carbonyl (C=O) groups excluding carboxylic acids is 1. The number of methoxy groups -OCH3 is 1. The molecule has 0 N–H and O–H groups in total. The first-order valence-electron chi connectivity index (χ1n) is 4.44. The normalized spacial score (nSPS) is 11.4. The fraction of sp³-hybridized carbons (Fsp3) is 0.273. The van der Waals surface area contributed by atoms with Crippen LogP contribution in [0.3, 0.4) is 0 Å². The summed E-state index contributed by atoms with van der Waals surface area (Å²) < 4.78 is 22.3. The van der Waals surface area contributed by atoms with Crippen LogP contribution in [0.25, 0.3) is 0 Å². The van der Waals surface area contributed by atoms with Gasteiger partial charge in [0.2, 0.25) is 0 Å². The maximum absolute atomic E-state index is 12.7. The average molecular weight is 222 g/mol. The number of hydrogen-bond donors (Lipinski definition) is 0. The highest BCUT2D eigenvalue weighted by Crippen LogP contribution is 2.19. The van der Waals surface area contributed by atoms with E-state index < -0.39 is 17.9 Å². The van der Waals surface area contributed by atoms with Crippen LogP contribution in [0.1, 0.15) is 12.5 Å². The van der Waals surface area contributed by atoms with Gasteiger partial charge in [-0.2, -0.15) is 5.26 Å². The van der Waals surface area contributed by atoms with Gasteiger partial charge in [0.25, 0.3) is 0 Å². The second kappa shape index (κ2) is 5.12. The van der Waals surface area contributed by atoms with Crippen LogP contribution >= 0.6 is 0 Å². The number of halogens is 1. The van der Waals surface area contributed by atoms with Gasteiger partial charge in [-0.1, -0.05) is 0 Å². The topological polar surface area (TPSA) is 59.3 Å². The third kappa shape index (κ3) is 2.70. The van der Waals surface area contributed by atoms with Crippen LogP contribution in [-0.2, 0) is 9.53 Å². The van der Waals surface area contributed by atoms with E-state index in [0.29, 0.717) is 0 Å². The van der Waals surface area contributed by atoms with Gasteiger partial charge in [0.05, 0.1) is 12.7 Å². The van der Waals surface area contributed by atoms with Crippen molar-refractivity contribution in [2.45, 2.75) is 13.0 Å². The summed E-state index contributed by atoms with van der Waals surface area (Å²) in [5, 5.41) is 8.72. The summed E-state index contributed by atoms with van der Waals surface area (Å²) in [5.41, 5.74) is 0.00648. The SMILES string of the molecule is COC(=O)C(C)Oc1c[c]c(F)cc1C#N. The summed E-state index contributed by atoms with van der Waals surface area (Å²) in [6, 6.07) is 6.16. The third-order valence-electron chi connectivity index (χ3n) is 1.83. The molecule has 0 spiro atoms. The smallest absolute Gasteiger partial charge is 0.346 e. The predicted octanol–water partition coefficient (Wildman–Crippen LogP) is 1.44. The Morgan fingerprint density at radius 3 is 2.94 bits per heavy atom. The first kappa shape index (κ1) is 12.0. The van der Waals surface area contributed by atoms with E-state index in [1.165, 1.54) is 20.1 Å². The highest BCUT2D eigenvalue weighted by atomic mass is 19.1. The van der Waals surface area contributed by atoms with Crippen LogP contribution in [-0.4, -0.2) is 19.2 Å². The Bertz CT molecular complexity index is 439. The lowest BCUT2D eigenvalue weighted by Gasteiger charge is -2.13. The summed E-state index contributed by atoms with van der Waals surface area (Å²) in [7, 11) is 1.23. The number of hydrogen-bond acceptors (Lipinski definition) is 4. The van der Waals surface area contributed by atoms with E-state index in [2.05, 4.69) is 10.8 Å². The van der Waals surface area contributed by atoms with Crippen LogP contribution in [0, 0.1) is 23.2 Å². The minimum atomic E-state index is -0.865. The van der Waals surface area contributed by atoms with E-state index in [9.17, 15) is 9.18 Å². The second-order valence-corrected chi connectivity index (χ2v) is 2.95. The molecule has 1 rings (SSSR count). The molecule has 0 aliphatic rings.